The van der Waals surface area contributed by atoms with Gasteiger partial charge in [-0.2, -0.15) is 0 Å². The largest absolute Gasteiger partial charge is 0.497 e. The normalized spacial score (nSPS) is 10.2. The van der Waals surface area contributed by atoms with Crippen LogP contribution < -0.4 is 9.47 Å². The van der Waals surface area contributed by atoms with Crippen molar-refractivity contribution in [1.82, 2.24) is 0 Å². The van der Waals surface area contributed by atoms with Gasteiger partial charge in [0.2, 0.25) is 0 Å². The molecular weight excluding hydrogens is 288 g/mol. The Balaban J connectivity index is 2.17. The summed E-state index contributed by atoms with van der Waals surface area (Å²) in [6.07, 6.45) is -0.0450. The summed E-state index contributed by atoms with van der Waals surface area (Å²) in [5.41, 5.74) is 0.670. The van der Waals surface area contributed by atoms with Crippen LogP contribution in [-0.4, -0.2) is 25.3 Å². The van der Waals surface area contributed by atoms with Gasteiger partial charge in [0.25, 0.3) is 0 Å². The first-order valence-corrected chi connectivity index (χ1v) is 7.14. The lowest BCUT2D eigenvalue weighted by atomic mass is 10.1. The molecule has 5 heteroatoms. The molecule has 0 aliphatic heterocycles. The van der Waals surface area contributed by atoms with Crippen molar-refractivity contribution in [3.63, 3.8) is 0 Å². The number of carbonyl (C=O) groups is 1. The molecule has 0 saturated heterocycles. The van der Waals surface area contributed by atoms with Gasteiger partial charge in [-0.1, -0.05) is 17.8 Å². The average molecular weight is 304 g/mol. The number of hydrogen-bond donors (Lipinski definition) is 1. The van der Waals surface area contributed by atoms with Crippen molar-refractivity contribution in [2.24, 2.45) is 0 Å². The van der Waals surface area contributed by atoms with Gasteiger partial charge in [0, 0.05) is 15.4 Å². The monoisotopic (exact) mass is 304 g/mol. The summed E-state index contributed by atoms with van der Waals surface area (Å²) in [7, 11) is 3.18. The minimum atomic E-state index is -0.871. The fourth-order valence-corrected chi connectivity index (χ4v) is 2.72. The molecule has 0 amide bonds. The number of carboxylic acids is 1. The molecule has 2 rings (SSSR count). The van der Waals surface area contributed by atoms with Crippen LogP contribution in [0, 0.1) is 0 Å². The molecule has 0 atom stereocenters. The summed E-state index contributed by atoms with van der Waals surface area (Å²) >= 11 is 1.58. The summed E-state index contributed by atoms with van der Waals surface area (Å²) in [5.74, 6) is 0.536. The number of methoxy groups -OCH3 is 2. The van der Waals surface area contributed by atoms with Crippen LogP contribution in [0.15, 0.2) is 52.3 Å². The van der Waals surface area contributed by atoms with Gasteiger partial charge in [-0.05, 0) is 36.4 Å². The van der Waals surface area contributed by atoms with E-state index < -0.39 is 5.97 Å². The van der Waals surface area contributed by atoms with Gasteiger partial charge in [-0.15, -0.1) is 0 Å². The highest BCUT2D eigenvalue weighted by Gasteiger charge is 2.09. The molecule has 2 aromatic carbocycles. The van der Waals surface area contributed by atoms with Crippen molar-refractivity contribution in [3.05, 3.63) is 48.0 Å². The molecule has 0 heterocycles. The third-order valence-corrected chi connectivity index (χ3v) is 3.89. The van der Waals surface area contributed by atoms with Gasteiger partial charge in [-0.3, -0.25) is 4.79 Å². The Hall–Kier alpha value is -2.14. The van der Waals surface area contributed by atoms with Crippen molar-refractivity contribution in [2.45, 2.75) is 16.2 Å². The summed E-state index contributed by atoms with van der Waals surface area (Å²) in [4.78, 5) is 12.9. The van der Waals surface area contributed by atoms with E-state index in [9.17, 15) is 4.79 Å². The average Bonchev–Trinajstić information content (AvgIpc) is 2.49. The Labute approximate surface area is 127 Å². The van der Waals surface area contributed by atoms with Gasteiger partial charge >= 0.3 is 5.97 Å². The number of hydrogen-bond acceptors (Lipinski definition) is 4. The van der Waals surface area contributed by atoms with E-state index in [4.69, 9.17) is 14.6 Å². The van der Waals surface area contributed by atoms with Crippen LogP contribution in [0.2, 0.25) is 0 Å². The smallest absolute Gasteiger partial charge is 0.307 e. The van der Waals surface area contributed by atoms with Crippen LogP contribution in [0.4, 0.5) is 0 Å². The minimum Gasteiger partial charge on any atom is -0.497 e. The van der Waals surface area contributed by atoms with E-state index >= 15 is 0 Å². The predicted octanol–water partition coefficient (Wildman–Crippen LogP) is 3.48. The minimum absolute atomic E-state index is 0.0450. The zero-order valence-electron chi connectivity index (χ0n) is 11.8. The second kappa shape index (κ2) is 7.04. The zero-order valence-corrected chi connectivity index (χ0v) is 12.6. The lowest BCUT2D eigenvalue weighted by molar-refractivity contribution is -0.136. The highest BCUT2D eigenvalue weighted by molar-refractivity contribution is 7.99. The quantitative estimate of drug-likeness (QED) is 0.885. The van der Waals surface area contributed by atoms with Crippen LogP contribution in [0.3, 0.4) is 0 Å². The number of rotatable bonds is 6. The first kappa shape index (κ1) is 15.3. The molecule has 0 bridgehead atoms. The second-order valence-electron chi connectivity index (χ2n) is 4.32. The van der Waals surface area contributed by atoms with E-state index in [1.165, 1.54) is 0 Å². The third-order valence-electron chi connectivity index (χ3n) is 2.90. The van der Waals surface area contributed by atoms with Gasteiger partial charge < -0.3 is 14.6 Å². The van der Waals surface area contributed by atoms with Crippen LogP contribution >= 0.6 is 11.8 Å². The number of carboxylic acid groups (broad SMARTS) is 1. The molecule has 1 N–H and O–H groups in total. The molecule has 0 spiro atoms. The van der Waals surface area contributed by atoms with E-state index in [1.54, 1.807) is 32.0 Å². The number of ether oxygens (including phenoxy) is 2. The predicted molar refractivity (Wildman–Crippen MR) is 81.5 cm³/mol. The van der Waals surface area contributed by atoms with Crippen molar-refractivity contribution >= 4 is 17.7 Å². The van der Waals surface area contributed by atoms with E-state index in [0.29, 0.717) is 11.3 Å². The van der Waals surface area contributed by atoms with Gasteiger partial charge in [0.15, 0.2) is 0 Å². The van der Waals surface area contributed by atoms with Crippen LogP contribution in [0.5, 0.6) is 11.5 Å². The lowest BCUT2D eigenvalue weighted by Crippen LogP contribution is -2.02. The van der Waals surface area contributed by atoms with Crippen LogP contribution in [0.1, 0.15) is 5.56 Å². The third kappa shape index (κ3) is 4.16. The molecule has 110 valence electrons. The lowest BCUT2D eigenvalue weighted by Gasteiger charge is -2.09. The Kier molecular flexibility index (Phi) is 5.11. The number of aliphatic carboxylic acids is 1. The number of benzene rings is 2. The molecule has 0 unspecified atom stereocenters. The molecule has 2 aromatic rings. The van der Waals surface area contributed by atoms with Crippen LogP contribution in [-0.2, 0) is 11.2 Å². The Morgan fingerprint density at radius 3 is 2.29 bits per heavy atom. The summed E-state index contributed by atoms with van der Waals surface area (Å²) < 4.78 is 10.4. The SMILES string of the molecule is COc1ccc(Sc2ccc(CC(=O)O)c(OC)c2)cc1. The summed E-state index contributed by atoms with van der Waals surface area (Å²) in [5, 5.41) is 8.87. The summed E-state index contributed by atoms with van der Waals surface area (Å²) in [6.45, 7) is 0. The van der Waals surface area contributed by atoms with E-state index in [1.807, 2.05) is 36.4 Å². The molecule has 4 nitrogen and oxygen atoms in total. The maximum atomic E-state index is 10.8. The Morgan fingerprint density at radius 1 is 1.05 bits per heavy atom. The van der Waals surface area contributed by atoms with Gasteiger partial charge in [0.1, 0.15) is 11.5 Å². The maximum Gasteiger partial charge on any atom is 0.307 e. The molecule has 0 aliphatic carbocycles. The van der Waals surface area contributed by atoms with E-state index in [0.717, 1.165) is 15.5 Å². The second-order valence-corrected chi connectivity index (χ2v) is 5.47. The van der Waals surface area contributed by atoms with E-state index in [2.05, 4.69) is 0 Å². The topological polar surface area (TPSA) is 55.8 Å². The van der Waals surface area contributed by atoms with Crippen molar-refractivity contribution in [1.29, 1.82) is 0 Å². The first-order valence-electron chi connectivity index (χ1n) is 6.33. The van der Waals surface area contributed by atoms with Crippen LogP contribution in [0.25, 0.3) is 0 Å². The first-order chi connectivity index (χ1) is 10.1. The molecule has 0 aromatic heterocycles. The summed E-state index contributed by atoms with van der Waals surface area (Å²) in [6, 6.07) is 13.3. The standard InChI is InChI=1S/C16H16O4S/c1-19-12-4-7-13(8-5-12)21-14-6-3-11(9-16(17)18)15(10-14)20-2/h3-8,10H,9H2,1-2H3,(H,17,18). The molecule has 0 saturated carbocycles. The zero-order chi connectivity index (χ0) is 15.2. The molecular formula is C16H16O4S. The van der Waals surface area contributed by atoms with E-state index in [-0.39, 0.29) is 6.42 Å². The molecule has 21 heavy (non-hydrogen) atoms. The fraction of sp³-hybridized carbons (Fsp3) is 0.188. The highest BCUT2D eigenvalue weighted by atomic mass is 32.2. The van der Waals surface area contributed by atoms with Gasteiger partial charge in [-0.25, -0.2) is 0 Å². The maximum absolute atomic E-state index is 10.8. The van der Waals surface area contributed by atoms with Crippen molar-refractivity contribution in [3.8, 4) is 11.5 Å². The van der Waals surface area contributed by atoms with Gasteiger partial charge in [0.05, 0.1) is 20.6 Å². The fourth-order valence-electron chi connectivity index (χ4n) is 1.88. The highest BCUT2D eigenvalue weighted by Crippen LogP contribution is 2.32. The molecule has 0 aliphatic rings. The molecule has 0 radical (unpaired) electrons. The van der Waals surface area contributed by atoms with Crippen molar-refractivity contribution in [2.75, 3.05) is 14.2 Å². The Morgan fingerprint density at radius 2 is 1.71 bits per heavy atom. The molecule has 0 fully saturated rings. The Bertz CT molecular complexity index is 623. The van der Waals surface area contributed by atoms with Crippen molar-refractivity contribution < 1.29 is 19.4 Å².